The van der Waals surface area contributed by atoms with Crippen molar-refractivity contribution in [2.45, 2.75) is 38.8 Å². The Labute approximate surface area is 150 Å². The van der Waals surface area contributed by atoms with E-state index < -0.39 is 0 Å². The highest BCUT2D eigenvalue weighted by Gasteiger charge is 2.25. The average molecular weight is 365 g/mol. The smallest absolute Gasteiger partial charge is 0.257 e. The number of halogens is 1. The molecule has 0 unspecified atom stereocenters. The summed E-state index contributed by atoms with van der Waals surface area (Å²) in [6.07, 6.45) is 3.48. The van der Waals surface area contributed by atoms with Gasteiger partial charge in [-0.05, 0) is 26.7 Å². The van der Waals surface area contributed by atoms with Gasteiger partial charge in [-0.3, -0.25) is 4.68 Å². The summed E-state index contributed by atoms with van der Waals surface area (Å²) in [6, 6.07) is 0.341. The first-order valence-electron chi connectivity index (χ1n) is 8.47. The third kappa shape index (κ3) is 3.23. The third-order valence-corrected chi connectivity index (χ3v) is 4.77. The van der Waals surface area contributed by atoms with Gasteiger partial charge in [-0.25, -0.2) is 4.98 Å². The van der Waals surface area contributed by atoms with E-state index in [-0.39, 0.29) is 6.04 Å². The van der Waals surface area contributed by atoms with Gasteiger partial charge in [-0.1, -0.05) is 11.6 Å². The molecule has 4 rings (SSSR count). The molecule has 2 aromatic heterocycles. The first-order valence-corrected chi connectivity index (χ1v) is 8.85. The van der Waals surface area contributed by atoms with Crippen molar-refractivity contribution >= 4 is 29.1 Å². The number of nitrogens with zero attached hydrogens (tertiary/aromatic N) is 4. The summed E-state index contributed by atoms with van der Waals surface area (Å²) in [5.41, 5.74) is 1.80. The molecule has 0 saturated carbocycles. The summed E-state index contributed by atoms with van der Waals surface area (Å²) in [6.45, 7) is 6.01. The molecule has 9 heteroatoms. The Morgan fingerprint density at radius 3 is 2.92 bits per heavy atom. The van der Waals surface area contributed by atoms with Gasteiger partial charge >= 0.3 is 0 Å². The number of ether oxygens (including phenoxy) is 2. The molecule has 1 fully saturated rings. The lowest BCUT2D eigenvalue weighted by atomic mass is 10.1. The molecule has 1 atom stereocenters. The molecule has 2 bridgehead atoms. The van der Waals surface area contributed by atoms with E-state index in [1.54, 1.807) is 6.20 Å². The summed E-state index contributed by atoms with van der Waals surface area (Å²) in [7, 11) is 0. The van der Waals surface area contributed by atoms with Crippen molar-refractivity contribution < 1.29 is 9.47 Å². The Balaban J connectivity index is 1.73. The Hall–Kier alpha value is -2.06. The Morgan fingerprint density at radius 2 is 2.12 bits per heavy atom. The van der Waals surface area contributed by atoms with Crippen LogP contribution in [0.5, 0.6) is 5.88 Å². The lowest BCUT2D eigenvalue weighted by Crippen LogP contribution is -2.25. The van der Waals surface area contributed by atoms with Gasteiger partial charge in [-0.15, -0.1) is 5.10 Å². The van der Waals surface area contributed by atoms with Crippen molar-refractivity contribution in [2.75, 3.05) is 30.5 Å². The van der Waals surface area contributed by atoms with Crippen LogP contribution in [0.4, 0.5) is 17.5 Å². The molecule has 2 N–H and O–H groups in total. The van der Waals surface area contributed by atoms with E-state index in [1.165, 1.54) is 0 Å². The van der Waals surface area contributed by atoms with E-state index in [1.807, 2.05) is 18.5 Å². The lowest BCUT2D eigenvalue weighted by Gasteiger charge is -2.23. The summed E-state index contributed by atoms with van der Waals surface area (Å²) in [5, 5.41) is 11.7. The second-order valence-electron chi connectivity index (χ2n) is 6.43. The van der Waals surface area contributed by atoms with Gasteiger partial charge in [0.25, 0.3) is 5.88 Å². The average Bonchev–Trinajstić information content (AvgIpc) is 2.93. The molecule has 2 aromatic rings. The van der Waals surface area contributed by atoms with E-state index >= 15 is 0 Å². The molecule has 0 radical (unpaired) electrons. The van der Waals surface area contributed by atoms with Crippen LogP contribution in [-0.2, 0) is 4.74 Å². The maximum absolute atomic E-state index is 6.17. The Morgan fingerprint density at radius 1 is 1.32 bits per heavy atom. The van der Waals surface area contributed by atoms with Crippen LogP contribution in [0.15, 0.2) is 6.20 Å². The van der Waals surface area contributed by atoms with Crippen LogP contribution < -0.4 is 15.4 Å². The Bertz CT molecular complexity index is 774. The molecule has 1 saturated heterocycles. The van der Waals surface area contributed by atoms with Gasteiger partial charge in [0.05, 0.1) is 24.0 Å². The molecule has 0 amide bonds. The first-order chi connectivity index (χ1) is 12.1. The summed E-state index contributed by atoms with van der Waals surface area (Å²) in [5.74, 6) is 1.62. The zero-order valence-electron chi connectivity index (χ0n) is 14.3. The van der Waals surface area contributed by atoms with E-state index in [2.05, 4.69) is 20.6 Å². The maximum Gasteiger partial charge on any atom is 0.257 e. The number of hydrogen-bond donors (Lipinski definition) is 2. The minimum absolute atomic E-state index is 0.0275. The SMILES string of the molecule is Cc1c2c(nn1C1CCOCC1)OC[C@@H](C)Nc1nc(ncc1Cl)N2. The molecule has 134 valence electrons. The quantitative estimate of drug-likeness (QED) is 0.804. The molecule has 8 nitrogen and oxygen atoms in total. The number of hydrogen-bond acceptors (Lipinski definition) is 7. The lowest BCUT2D eigenvalue weighted by molar-refractivity contribution is 0.0652. The maximum atomic E-state index is 6.17. The van der Waals surface area contributed by atoms with Crippen LogP contribution in [0, 0.1) is 6.92 Å². The van der Waals surface area contributed by atoms with E-state index in [0.29, 0.717) is 35.3 Å². The first kappa shape index (κ1) is 16.4. The van der Waals surface area contributed by atoms with E-state index in [9.17, 15) is 0 Å². The van der Waals surface area contributed by atoms with Gasteiger partial charge in [0.15, 0.2) is 5.82 Å². The molecule has 2 aliphatic rings. The van der Waals surface area contributed by atoms with Crippen LogP contribution in [-0.4, -0.2) is 45.6 Å². The van der Waals surface area contributed by atoms with E-state index in [0.717, 1.165) is 37.4 Å². The number of aromatic nitrogens is 4. The summed E-state index contributed by atoms with van der Waals surface area (Å²) < 4.78 is 13.5. The zero-order chi connectivity index (χ0) is 17.4. The monoisotopic (exact) mass is 364 g/mol. The molecule has 0 aromatic carbocycles. The molecular formula is C16H21ClN6O2. The van der Waals surface area contributed by atoms with Gasteiger partial charge in [0.2, 0.25) is 5.95 Å². The van der Waals surface area contributed by atoms with Gasteiger partial charge in [0, 0.05) is 13.2 Å². The Kier molecular flexibility index (Phi) is 4.39. The predicted molar refractivity (Wildman–Crippen MR) is 95.0 cm³/mol. The second kappa shape index (κ2) is 6.68. The molecule has 2 aliphatic heterocycles. The zero-order valence-corrected chi connectivity index (χ0v) is 15.0. The fraction of sp³-hybridized carbons (Fsp3) is 0.562. The number of nitrogens with one attached hydrogen (secondary N) is 2. The molecule has 25 heavy (non-hydrogen) atoms. The van der Waals surface area contributed by atoms with Gasteiger partial charge in [-0.2, -0.15) is 4.98 Å². The standard InChI is InChI=1S/C16H21ClN6O2/c1-9-8-25-15-13(20-16-18-7-12(17)14(19-9)21-16)10(2)23(22-15)11-3-5-24-6-4-11/h7,9,11H,3-6,8H2,1-2H3,(H2,18,19,20,21)/t9-/m1/s1. The largest absolute Gasteiger partial charge is 0.473 e. The summed E-state index contributed by atoms with van der Waals surface area (Å²) >= 11 is 6.17. The second-order valence-corrected chi connectivity index (χ2v) is 6.83. The fourth-order valence-corrected chi connectivity index (χ4v) is 3.29. The number of anilines is 3. The van der Waals surface area contributed by atoms with Crippen LogP contribution in [0.2, 0.25) is 5.02 Å². The highest BCUT2D eigenvalue weighted by Crippen LogP contribution is 2.35. The normalized spacial score (nSPS) is 20.8. The highest BCUT2D eigenvalue weighted by atomic mass is 35.5. The summed E-state index contributed by atoms with van der Waals surface area (Å²) in [4.78, 5) is 8.73. The van der Waals surface area contributed by atoms with E-state index in [4.69, 9.17) is 26.2 Å². The molecule has 4 heterocycles. The predicted octanol–water partition coefficient (Wildman–Crippen LogP) is 2.92. The van der Waals surface area contributed by atoms with Crippen LogP contribution >= 0.6 is 11.6 Å². The van der Waals surface area contributed by atoms with Crippen molar-refractivity contribution in [1.82, 2.24) is 19.7 Å². The fourth-order valence-electron chi connectivity index (χ4n) is 3.14. The van der Waals surface area contributed by atoms with Crippen LogP contribution in [0.25, 0.3) is 0 Å². The minimum Gasteiger partial charge on any atom is -0.473 e. The molecular weight excluding hydrogens is 344 g/mol. The molecule has 0 spiro atoms. The number of rotatable bonds is 1. The van der Waals surface area contributed by atoms with Crippen molar-refractivity contribution in [3.63, 3.8) is 0 Å². The number of fused-ring (bicyclic) bond motifs is 3. The van der Waals surface area contributed by atoms with Gasteiger partial charge in [0.1, 0.15) is 17.3 Å². The van der Waals surface area contributed by atoms with Crippen molar-refractivity contribution in [1.29, 1.82) is 0 Å². The van der Waals surface area contributed by atoms with Crippen molar-refractivity contribution in [2.24, 2.45) is 0 Å². The third-order valence-electron chi connectivity index (χ3n) is 4.49. The minimum atomic E-state index is 0.0275. The van der Waals surface area contributed by atoms with Crippen LogP contribution in [0.1, 0.15) is 31.5 Å². The topological polar surface area (TPSA) is 86.1 Å². The van der Waals surface area contributed by atoms with Crippen LogP contribution in [0.3, 0.4) is 0 Å². The van der Waals surface area contributed by atoms with Crippen molar-refractivity contribution in [3.8, 4) is 5.88 Å². The highest BCUT2D eigenvalue weighted by molar-refractivity contribution is 6.32. The molecule has 0 aliphatic carbocycles. The van der Waals surface area contributed by atoms with Gasteiger partial charge < -0.3 is 20.1 Å². The van der Waals surface area contributed by atoms with Crippen molar-refractivity contribution in [3.05, 3.63) is 16.9 Å².